The van der Waals surface area contributed by atoms with Crippen molar-refractivity contribution in [2.24, 2.45) is 0 Å². The Kier molecular flexibility index (Phi) is 5.47. The molecule has 4 nitrogen and oxygen atoms in total. The molecule has 0 radical (unpaired) electrons. The van der Waals surface area contributed by atoms with Crippen LogP contribution in [0, 0.1) is 0 Å². The predicted molar refractivity (Wildman–Crippen MR) is 78.3 cm³/mol. The zero-order valence-corrected chi connectivity index (χ0v) is 12.2. The fraction of sp³-hybridized carbons (Fsp3) is 0.538. The molecule has 18 heavy (non-hydrogen) atoms. The predicted octanol–water partition coefficient (Wildman–Crippen LogP) is 2.38. The Balaban J connectivity index is 2.56. The number of thioether (sulfide) groups is 1. The molecule has 1 aromatic heterocycles. The quantitative estimate of drug-likeness (QED) is 0.831. The van der Waals surface area contributed by atoms with Crippen molar-refractivity contribution in [3.63, 3.8) is 0 Å². The van der Waals surface area contributed by atoms with Gasteiger partial charge in [0.25, 0.3) is 5.91 Å². The second kappa shape index (κ2) is 6.64. The van der Waals surface area contributed by atoms with Crippen LogP contribution in [0.5, 0.6) is 0 Å². The zero-order valence-electron chi connectivity index (χ0n) is 11.4. The van der Waals surface area contributed by atoms with Gasteiger partial charge in [-0.3, -0.25) is 4.79 Å². The number of pyridine rings is 1. The van der Waals surface area contributed by atoms with Gasteiger partial charge in [-0.25, -0.2) is 4.98 Å². The molecule has 1 heterocycles. The Labute approximate surface area is 113 Å². The minimum Gasteiger partial charge on any atom is -0.370 e. The number of amides is 1. The van der Waals surface area contributed by atoms with E-state index in [2.05, 4.69) is 29.5 Å². The van der Waals surface area contributed by atoms with Crippen molar-refractivity contribution < 1.29 is 4.79 Å². The van der Waals surface area contributed by atoms with Crippen LogP contribution in [0.1, 0.15) is 31.1 Å². The molecule has 0 spiro atoms. The van der Waals surface area contributed by atoms with Crippen molar-refractivity contribution in [1.29, 1.82) is 0 Å². The van der Waals surface area contributed by atoms with Crippen molar-refractivity contribution in [2.45, 2.75) is 25.5 Å². The van der Waals surface area contributed by atoms with E-state index in [1.165, 1.54) is 0 Å². The molecule has 0 fully saturated rings. The van der Waals surface area contributed by atoms with E-state index < -0.39 is 0 Å². The smallest absolute Gasteiger partial charge is 0.252 e. The molecule has 1 rings (SSSR count). The lowest BCUT2D eigenvalue weighted by molar-refractivity contribution is 0.0950. The van der Waals surface area contributed by atoms with E-state index in [4.69, 9.17) is 0 Å². The number of nitrogens with zero attached hydrogens (tertiary/aromatic N) is 1. The molecular weight excluding hydrogens is 246 g/mol. The number of hydrogen-bond donors (Lipinski definition) is 2. The third-order valence-electron chi connectivity index (χ3n) is 2.61. The largest absolute Gasteiger partial charge is 0.370 e. The summed E-state index contributed by atoms with van der Waals surface area (Å²) < 4.78 is 0.0484. The van der Waals surface area contributed by atoms with Crippen LogP contribution in [0.15, 0.2) is 18.3 Å². The van der Waals surface area contributed by atoms with Gasteiger partial charge in [0.15, 0.2) is 0 Å². The van der Waals surface area contributed by atoms with Gasteiger partial charge in [0.2, 0.25) is 0 Å². The summed E-state index contributed by atoms with van der Waals surface area (Å²) in [5.41, 5.74) is 0.591. The van der Waals surface area contributed by atoms with Gasteiger partial charge in [0, 0.05) is 24.0 Å². The first-order valence-electron chi connectivity index (χ1n) is 6.02. The maximum atomic E-state index is 11.9. The fourth-order valence-electron chi connectivity index (χ4n) is 1.28. The Hall–Kier alpha value is -1.23. The number of carbonyl (C=O) groups excluding carboxylic acids is 1. The molecule has 0 bridgehead atoms. The lowest BCUT2D eigenvalue weighted by atomic mass is 10.2. The minimum absolute atomic E-state index is 0.0484. The summed E-state index contributed by atoms with van der Waals surface area (Å²) in [7, 11) is 0. The Bertz CT molecular complexity index is 390. The van der Waals surface area contributed by atoms with Gasteiger partial charge in [0.1, 0.15) is 5.82 Å². The van der Waals surface area contributed by atoms with Crippen LogP contribution in [0.4, 0.5) is 5.82 Å². The molecule has 0 saturated heterocycles. The Morgan fingerprint density at radius 1 is 1.44 bits per heavy atom. The molecule has 0 aliphatic rings. The molecule has 2 N–H and O–H groups in total. The van der Waals surface area contributed by atoms with Gasteiger partial charge in [-0.2, -0.15) is 11.8 Å². The number of carbonyl (C=O) groups is 1. The highest BCUT2D eigenvalue weighted by Gasteiger charge is 2.17. The first kappa shape index (κ1) is 14.8. The van der Waals surface area contributed by atoms with Crippen molar-refractivity contribution in [3.8, 4) is 0 Å². The summed E-state index contributed by atoms with van der Waals surface area (Å²) in [4.78, 5) is 16.1. The van der Waals surface area contributed by atoms with Crippen molar-refractivity contribution in [3.05, 3.63) is 23.9 Å². The summed E-state index contributed by atoms with van der Waals surface area (Å²) in [6.45, 7) is 7.67. The van der Waals surface area contributed by atoms with Crippen LogP contribution in [0.25, 0.3) is 0 Å². The van der Waals surface area contributed by atoms with E-state index in [1.54, 1.807) is 24.0 Å². The van der Waals surface area contributed by atoms with Gasteiger partial charge in [0.05, 0.1) is 5.56 Å². The summed E-state index contributed by atoms with van der Waals surface area (Å²) in [6.07, 6.45) is 3.64. The number of nitrogens with one attached hydrogen (secondary N) is 2. The third-order valence-corrected chi connectivity index (χ3v) is 3.86. The van der Waals surface area contributed by atoms with E-state index in [-0.39, 0.29) is 10.7 Å². The molecule has 1 aromatic rings. The fourth-order valence-corrected chi connectivity index (χ4v) is 1.50. The molecule has 100 valence electrons. The second-order valence-electron chi connectivity index (χ2n) is 4.61. The maximum Gasteiger partial charge on any atom is 0.252 e. The summed E-state index contributed by atoms with van der Waals surface area (Å²) >= 11 is 1.73. The summed E-state index contributed by atoms with van der Waals surface area (Å²) in [5.74, 6) is 0.714. The molecule has 1 amide bonds. The van der Waals surface area contributed by atoms with E-state index in [0.29, 0.717) is 12.1 Å². The second-order valence-corrected chi connectivity index (χ2v) is 6.12. The lowest BCUT2D eigenvalue weighted by Crippen LogP contribution is -2.36. The van der Waals surface area contributed by atoms with Crippen LogP contribution in [-0.2, 0) is 0 Å². The van der Waals surface area contributed by atoms with Gasteiger partial charge in [-0.05, 0) is 39.2 Å². The lowest BCUT2D eigenvalue weighted by Gasteiger charge is -2.22. The van der Waals surface area contributed by atoms with Crippen LogP contribution >= 0.6 is 11.8 Å². The van der Waals surface area contributed by atoms with E-state index in [1.807, 2.05) is 19.2 Å². The van der Waals surface area contributed by atoms with Crippen molar-refractivity contribution in [2.75, 3.05) is 24.7 Å². The zero-order chi connectivity index (χ0) is 13.6. The number of hydrogen-bond acceptors (Lipinski definition) is 4. The average Bonchev–Trinajstić information content (AvgIpc) is 2.37. The monoisotopic (exact) mass is 267 g/mol. The highest BCUT2D eigenvalue weighted by Crippen LogP contribution is 2.19. The highest BCUT2D eigenvalue weighted by molar-refractivity contribution is 7.99. The summed E-state index contributed by atoms with van der Waals surface area (Å²) in [6, 6.07) is 3.60. The van der Waals surface area contributed by atoms with E-state index >= 15 is 0 Å². The minimum atomic E-state index is -0.0762. The third kappa shape index (κ3) is 4.56. The van der Waals surface area contributed by atoms with E-state index in [0.717, 1.165) is 12.4 Å². The van der Waals surface area contributed by atoms with Crippen LogP contribution < -0.4 is 10.6 Å². The van der Waals surface area contributed by atoms with Crippen molar-refractivity contribution >= 4 is 23.5 Å². The topological polar surface area (TPSA) is 54.0 Å². The molecular formula is C13H21N3OS. The molecule has 5 heteroatoms. The molecule has 0 aromatic carbocycles. The van der Waals surface area contributed by atoms with Gasteiger partial charge in [-0.1, -0.05) is 0 Å². The average molecular weight is 267 g/mol. The molecule has 0 aliphatic carbocycles. The normalized spacial score (nSPS) is 11.1. The molecule has 0 saturated carbocycles. The number of anilines is 1. The van der Waals surface area contributed by atoms with Crippen LogP contribution in [0.2, 0.25) is 0 Å². The van der Waals surface area contributed by atoms with Gasteiger partial charge < -0.3 is 10.6 Å². The van der Waals surface area contributed by atoms with Gasteiger partial charge in [-0.15, -0.1) is 0 Å². The van der Waals surface area contributed by atoms with E-state index in [9.17, 15) is 4.79 Å². The number of rotatable bonds is 6. The maximum absolute atomic E-state index is 11.9. The van der Waals surface area contributed by atoms with Gasteiger partial charge >= 0.3 is 0 Å². The Morgan fingerprint density at radius 3 is 2.67 bits per heavy atom. The Morgan fingerprint density at radius 2 is 2.17 bits per heavy atom. The molecule has 0 aliphatic heterocycles. The SMILES string of the molecule is CCNc1ccc(C(=O)NCC(C)(C)SC)cn1. The van der Waals surface area contributed by atoms with Crippen molar-refractivity contribution in [1.82, 2.24) is 10.3 Å². The summed E-state index contributed by atoms with van der Waals surface area (Å²) in [5, 5.41) is 6.01. The highest BCUT2D eigenvalue weighted by atomic mass is 32.2. The first-order valence-corrected chi connectivity index (χ1v) is 7.24. The van der Waals surface area contributed by atoms with Crippen LogP contribution in [0.3, 0.4) is 0 Å². The molecule has 0 unspecified atom stereocenters. The number of aromatic nitrogens is 1. The first-order chi connectivity index (χ1) is 8.48. The molecule has 0 atom stereocenters. The van der Waals surface area contributed by atoms with Crippen LogP contribution in [-0.4, -0.2) is 35.0 Å². The standard InChI is InChI=1S/C13H21N3OS/c1-5-14-11-7-6-10(8-15-11)12(17)16-9-13(2,3)18-4/h6-8H,5,9H2,1-4H3,(H,14,15)(H,16,17).